The van der Waals surface area contributed by atoms with Gasteiger partial charge in [-0.25, -0.2) is 28.7 Å². The molecule has 11 heteroatoms. The summed E-state index contributed by atoms with van der Waals surface area (Å²) in [5, 5.41) is 12.7. The van der Waals surface area contributed by atoms with Crippen LogP contribution in [-0.2, 0) is 16.6 Å². The van der Waals surface area contributed by atoms with Gasteiger partial charge in [-0.2, -0.15) is 0 Å². The summed E-state index contributed by atoms with van der Waals surface area (Å²) in [4.78, 5) is 31.0. The molecule has 1 amide bonds. The quantitative estimate of drug-likeness (QED) is 0.344. The van der Waals surface area contributed by atoms with Gasteiger partial charge in [0.15, 0.2) is 11.5 Å². The number of carbonyl (C=O) groups is 1. The minimum absolute atomic E-state index is 0.0130. The van der Waals surface area contributed by atoms with E-state index in [0.29, 0.717) is 28.2 Å². The molecule has 1 aliphatic heterocycles. The number of hydrogen-bond donors (Lipinski definition) is 3. The Bertz CT molecular complexity index is 1740. The molecule has 5 aromatic rings. The van der Waals surface area contributed by atoms with E-state index in [4.69, 9.17) is 5.73 Å². The Morgan fingerprint density at radius 2 is 1.97 bits per heavy atom. The molecule has 1 aliphatic rings. The van der Waals surface area contributed by atoms with Gasteiger partial charge in [0.2, 0.25) is 5.91 Å². The van der Waals surface area contributed by atoms with E-state index in [2.05, 4.69) is 25.3 Å². The van der Waals surface area contributed by atoms with Crippen LogP contribution < -0.4 is 11.1 Å². The molecule has 0 bridgehead atoms. The minimum atomic E-state index is -1.22. The highest BCUT2D eigenvalue weighted by Crippen LogP contribution is 2.45. The fourth-order valence-electron chi connectivity index (χ4n) is 4.68. The van der Waals surface area contributed by atoms with E-state index in [1.165, 1.54) is 24.3 Å². The molecule has 4 N–H and O–H groups in total. The van der Waals surface area contributed by atoms with Gasteiger partial charge in [0.1, 0.15) is 40.1 Å². The lowest BCUT2D eigenvalue weighted by Gasteiger charge is -2.23. The largest absolute Gasteiger partial charge is 0.508 e. The maximum Gasteiger partial charge on any atom is 0.240 e. The van der Waals surface area contributed by atoms with Crippen LogP contribution in [0, 0.1) is 11.6 Å². The molecule has 0 aliphatic carbocycles. The van der Waals surface area contributed by atoms with Crippen molar-refractivity contribution in [1.82, 2.24) is 24.3 Å². The van der Waals surface area contributed by atoms with Crippen molar-refractivity contribution >= 4 is 23.2 Å². The van der Waals surface area contributed by atoms with Crippen LogP contribution in [-0.4, -0.2) is 35.4 Å². The summed E-state index contributed by atoms with van der Waals surface area (Å²) in [6.45, 7) is 1.69. The average Bonchev–Trinajstić information content (AvgIpc) is 3.44. The number of amides is 1. The van der Waals surface area contributed by atoms with Crippen molar-refractivity contribution in [1.29, 1.82) is 0 Å². The van der Waals surface area contributed by atoms with E-state index in [9.17, 15) is 18.7 Å². The van der Waals surface area contributed by atoms with Crippen molar-refractivity contribution in [3.63, 3.8) is 0 Å². The van der Waals surface area contributed by atoms with E-state index in [-0.39, 0.29) is 41.1 Å². The molecule has 184 valence electrons. The molecule has 2 aromatic carbocycles. The van der Waals surface area contributed by atoms with Gasteiger partial charge in [-0.05, 0) is 36.2 Å². The van der Waals surface area contributed by atoms with Crippen molar-refractivity contribution in [3.8, 4) is 17.3 Å². The van der Waals surface area contributed by atoms with Crippen LogP contribution in [0.1, 0.15) is 29.3 Å². The summed E-state index contributed by atoms with van der Waals surface area (Å²) >= 11 is 0. The zero-order valence-corrected chi connectivity index (χ0v) is 19.4. The number of nitrogens with one attached hydrogen (secondary N) is 1. The zero-order valence-electron chi connectivity index (χ0n) is 19.4. The minimum Gasteiger partial charge on any atom is -0.508 e. The Balaban J connectivity index is 1.46. The molecular formula is C26H19F2N7O2. The fraction of sp³-hybridized carbons (Fsp3) is 0.115. The molecule has 6 rings (SSSR count). The van der Waals surface area contributed by atoms with Gasteiger partial charge >= 0.3 is 0 Å². The van der Waals surface area contributed by atoms with E-state index < -0.39 is 17.0 Å². The number of nitrogen functional groups attached to an aromatic ring is 1. The van der Waals surface area contributed by atoms with E-state index in [1.807, 2.05) is 0 Å². The van der Waals surface area contributed by atoms with Crippen molar-refractivity contribution in [3.05, 3.63) is 95.1 Å². The lowest BCUT2D eigenvalue weighted by molar-refractivity contribution is -0.119. The molecule has 0 fully saturated rings. The number of nitrogens with two attached hydrogens (primary N) is 1. The van der Waals surface area contributed by atoms with Crippen LogP contribution >= 0.6 is 0 Å². The number of phenols is 1. The van der Waals surface area contributed by atoms with Gasteiger partial charge in [-0.15, -0.1) is 0 Å². The molecular weight excluding hydrogens is 480 g/mol. The maximum absolute atomic E-state index is 14.4. The fourth-order valence-corrected chi connectivity index (χ4v) is 4.68. The van der Waals surface area contributed by atoms with Crippen molar-refractivity contribution in [2.75, 3.05) is 11.1 Å². The summed E-state index contributed by atoms with van der Waals surface area (Å²) in [5.41, 5.74) is 7.56. The highest BCUT2D eigenvalue weighted by Gasteiger charge is 2.47. The van der Waals surface area contributed by atoms with Gasteiger partial charge < -0.3 is 20.6 Å². The molecule has 1 atom stereocenters. The molecule has 0 radical (unpaired) electrons. The smallest absolute Gasteiger partial charge is 0.240 e. The highest BCUT2D eigenvalue weighted by atomic mass is 19.1. The predicted molar refractivity (Wildman–Crippen MR) is 131 cm³/mol. The number of rotatable bonds is 4. The summed E-state index contributed by atoms with van der Waals surface area (Å²) in [6, 6.07) is 9.73. The van der Waals surface area contributed by atoms with Gasteiger partial charge in [-0.3, -0.25) is 4.79 Å². The zero-order chi connectivity index (χ0) is 25.9. The van der Waals surface area contributed by atoms with Crippen LogP contribution in [0.5, 0.6) is 5.75 Å². The highest BCUT2D eigenvalue weighted by molar-refractivity contribution is 6.09. The van der Waals surface area contributed by atoms with Crippen LogP contribution in [0.15, 0.2) is 61.1 Å². The Hall–Kier alpha value is -4.93. The first-order valence-electron chi connectivity index (χ1n) is 11.3. The van der Waals surface area contributed by atoms with Crippen LogP contribution in [0.2, 0.25) is 0 Å². The number of benzene rings is 2. The number of carbonyl (C=O) groups excluding carboxylic acids is 1. The Morgan fingerprint density at radius 3 is 2.76 bits per heavy atom. The summed E-state index contributed by atoms with van der Waals surface area (Å²) in [6.07, 6.45) is 4.97. The third-order valence-corrected chi connectivity index (χ3v) is 6.59. The molecule has 0 saturated carbocycles. The standard InChI is InChI=1S/C26H19F2N7O2/c1-26(14-3-2-4-16(36)10-14)20-21(29)32-22(33-23(20)34-25(26)37)19-12-35-8-7-30-24(35)18(31-19)9-13-5-6-15(27)11-17(13)28/h2-8,10-12,36H,9H2,1H3,(H3,29,32,33,34,37)/t26-/m0/s1. The van der Waals surface area contributed by atoms with Gasteiger partial charge in [-0.1, -0.05) is 18.2 Å². The number of aromatic nitrogens is 5. The number of imidazole rings is 1. The second-order valence-electron chi connectivity index (χ2n) is 8.93. The number of aromatic hydroxyl groups is 1. The van der Waals surface area contributed by atoms with Crippen LogP contribution in [0.25, 0.3) is 17.2 Å². The first-order valence-corrected chi connectivity index (χ1v) is 11.3. The number of phenolic OH excluding ortho intramolecular Hbond substituents is 1. The van der Waals surface area contributed by atoms with Gasteiger partial charge in [0, 0.05) is 31.1 Å². The van der Waals surface area contributed by atoms with Crippen molar-refractivity contribution in [2.45, 2.75) is 18.8 Å². The van der Waals surface area contributed by atoms with E-state index >= 15 is 0 Å². The van der Waals surface area contributed by atoms with E-state index in [1.54, 1.807) is 42.0 Å². The van der Waals surface area contributed by atoms with Crippen molar-refractivity contribution < 1.29 is 18.7 Å². The lowest BCUT2D eigenvalue weighted by Crippen LogP contribution is -2.32. The third kappa shape index (κ3) is 3.54. The van der Waals surface area contributed by atoms with Crippen LogP contribution in [0.3, 0.4) is 0 Å². The normalized spacial score (nSPS) is 16.7. The predicted octanol–water partition coefficient (Wildman–Crippen LogP) is 3.60. The Kier molecular flexibility index (Phi) is 4.90. The molecule has 0 unspecified atom stereocenters. The summed E-state index contributed by atoms with van der Waals surface area (Å²) in [7, 11) is 0. The molecule has 3 aromatic heterocycles. The molecule has 0 spiro atoms. The first kappa shape index (κ1) is 22.5. The number of anilines is 2. The third-order valence-electron chi connectivity index (χ3n) is 6.59. The molecule has 9 nitrogen and oxygen atoms in total. The Morgan fingerprint density at radius 1 is 1.14 bits per heavy atom. The van der Waals surface area contributed by atoms with E-state index in [0.717, 1.165) is 6.07 Å². The monoisotopic (exact) mass is 499 g/mol. The lowest BCUT2D eigenvalue weighted by atomic mass is 9.77. The second-order valence-corrected chi connectivity index (χ2v) is 8.93. The topological polar surface area (TPSA) is 131 Å². The number of fused-ring (bicyclic) bond motifs is 2. The second kappa shape index (κ2) is 8.05. The van der Waals surface area contributed by atoms with Gasteiger partial charge in [0.25, 0.3) is 0 Å². The van der Waals surface area contributed by atoms with Crippen LogP contribution in [0.4, 0.5) is 20.4 Å². The average molecular weight is 499 g/mol. The Labute approximate surface area is 208 Å². The number of halogens is 2. The number of hydrogen-bond acceptors (Lipinski definition) is 7. The summed E-state index contributed by atoms with van der Waals surface area (Å²) < 4.78 is 29.5. The molecule has 0 saturated heterocycles. The molecule has 37 heavy (non-hydrogen) atoms. The maximum atomic E-state index is 14.4. The summed E-state index contributed by atoms with van der Waals surface area (Å²) in [5.74, 6) is -1.26. The van der Waals surface area contributed by atoms with Crippen molar-refractivity contribution in [2.24, 2.45) is 0 Å². The first-order chi connectivity index (χ1) is 17.7. The number of nitrogens with zero attached hydrogens (tertiary/aromatic N) is 5. The van der Waals surface area contributed by atoms with Gasteiger partial charge in [0.05, 0.1) is 11.3 Å². The SMILES string of the molecule is C[C@@]1(c2cccc(O)c2)C(=O)Nc2nc(-c3cn4ccnc4c(Cc4ccc(F)cc4F)n3)nc(N)c21. The molecule has 4 heterocycles.